The van der Waals surface area contributed by atoms with Gasteiger partial charge in [0.2, 0.25) is 0 Å². The van der Waals surface area contributed by atoms with Crippen molar-refractivity contribution in [2.75, 3.05) is 7.11 Å². The van der Waals surface area contributed by atoms with Gasteiger partial charge in [-0.05, 0) is 36.1 Å². The van der Waals surface area contributed by atoms with Gasteiger partial charge in [-0.15, -0.1) is 22.7 Å². The Bertz CT molecular complexity index is 601. The van der Waals surface area contributed by atoms with Crippen LogP contribution < -0.4 is 5.32 Å². The first-order chi connectivity index (χ1) is 9.11. The quantitative estimate of drug-likeness (QED) is 0.882. The Hall–Kier alpha value is -1.66. The topological polar surface area (TPSA) is 55.4 Å². The minimum atomic E-state index is -0.418. The van der Waals surface area contributed by atoms with Gasteiger partial charge in [-0.25, -0.2) is 4.79 Å². The maximum Gasteiger partial charge on any atom is 0.348 e. The molecule has 0 fully saturated rings. The maximum absolute atomic E-state index is 11.9. The van der Waals surface area contributed by atoms with Gasteiger partial charge in [0.25, 0.3) is 5.91 Å². The summed E-state index contributed by atoms with van der Waals surface area (Å²) in [5, 5.41) is 4.84. The molecule has 4 nitrogen and oxygen atoms in total. The van der Waals surface area contributed by atoms with Crippen LogP contribution in [0.15, 0.2) is 23.6 Å². The third-order valence-corrected chi connectivity index (χ3v) is 4.68. The van der Waals surface area contributed by atoms with Gasteiger partial charge < -0.3 is 10.1 Å². The first kappa shape index (κ1) is 13.8. The highest BCUT2D eigenvalue weighted by molar-refractivity contribution is 7.15. The molecule has 0 aliphatic heterocycles. The lowest BCUT2D eigenvalue weighted by molar-refractivity contribution is 0.0606. The molecule has 0 aromatic carbocycles. The Morgan fingerprint density at radius 2 is 2.00 bits per heavy atom. The lowest BCUT2D eigenvalue weighted by Crippen LogP contribution is -2.21. The zero-order chi connectivity index (χ0) is 13.8. The lowest BCUT2D eigenvalue weighted by Gasteiger charge is -2.02. The minimum Gasteiger partial charge on any atom is -0.465 e. The van der Waals surface area contributed by atoms with Crippen molar-refractivity contribution in [1.29, 1.82) is 0 Å². The Morgan fingerprint density at radius 3 is 2.63 bits per heavy atom. The van der Waals surface area contributed by atoms with Crippen molar-refractivity contribution in [2.45, 2.75) is 13.5 Å². The number of aryl methyl sites for hydroxylation is 1. The van der Waals surface area contributed by atoms with E-state index in [0.717, 1.165) is 16.2 Å². The maximum atomic E-state index is 11.9. The average molecular weight is 295 g/mol. The normalized spacial score (nSPS) is 10.2. The molecule has 0 aliphatic rings. The number of nitrogens with one attached hydrogen (secondary N) is 1. The van der Waals surface area contributed by atoms with Crippen LogP contribution in [-0.4, -0.2) is 19.0 Å². The molecular formula is C13H13NO3S2. The van der Waals surface area contributed by atoms with Crippen LogP contribution in [0.2, 0.25) is 0 Å². The Kier molecular flexibility index (Phi) is 4.34. The van der Waals surface area contributed by atoms with Crippen molar-refractivity contribution in [3.8, 4) is 0 Å². The Morgan fingerprint density at radius 1 is 1.26 bits per heavy atom. The summed E-state index contributed by atoms with van der Waals surface area (Å²) in [7, 11) is 1.32. The molecule has 6 heteroatoms. The van der Waals surface area contributed by atoms with Crippen molar-refractivity contribution >= 4 is 34.6 Å². The molecule has 0 saturated heterocycles. The second-order valence-corrected chi connectivity index (χ2v) is 5.95. The molecule has 0 atom stereocenters. The van der Waals surface area contributed by atoms with E-state index in [-0.39, 0.29) is 5.91 Å². The monoisotopic (exact) mass is 295 g/mol. The summed E-state index contributed by atoms with van der Waals surface area (Å²) >= 11 is 2.75. The SMILES string of the molecule is COC(=O)c1ccc(C(=O)NCc2sccc2C)s1. The van der Waals surface area contributed by atoms with Crippen LogP contribution >= 0.6 is 22.7 Å². The standard InChI is InChI=1S/C13H13NO3S2/c1-8-5-6-18-11(8)7-14-12(15)9-3-4-10(19-9)13(16)17-2/h3-6H,7H2,1-2H3,(H,14,15). The number of amides is 1. The first-order valence-electron chi connectivity index (χ1n) is 5.61. The summed E-state index contributed by atoms with van der Waals surface area (Å²) in [4.78, 5) is 25.3. The molecule has 0 bridgehead atoms. The summed E-state index contributed by atoms with van der Waals surface area (Å²) in [6.45, 7) is 2.52. The summed E-state index contributed by atoms with van der Waals surface area (Å²) in [6, 6.07) is 5.25. The van der Waals surface area contributed by atoms with Crippen molar-refractivity contribution in [3.05, 3.63) is 43.8 Å². The fourth-order valence-electron chi connectivity index (χ4n) is 1.50. The van der Waals surface area contributed by atoms with Crippen LogP contribution in [0, 0.1) is 6.92 Å². The molecule has 1 N–H and O–H groups in total. The predicted molar refractivity (Wildman–Crippen MR) is 75.9 cm³/mol. The number of carbonyl (C=O) groups excluding carboxylic acids is 2. The molecule has 0 saturated carbocycles. The number of methoxy groups -OCH3 is 1. The van der Waals surface area contributed by atoms with Crippen molar-refractivity contribution < 1.29 is 14.3 Å². The van der Waals surface area contributed by atoms with Gasteiger partial charge in [0.1, 0.15) is 4.88 Å². The van der Waals surface area contributed by atoms with Gasteiger partial charge in [0.05, 0.1) is 18.5 Å². The van der Waals surface area contributed by atoms with E-state index in [1.165, 1.54) is 12.7 Å². The van der Waals surface area contributed by atoms with E-state index in [0.29, 0.717) is 16.3 Å². The average Bonchev–Trinajstić information content (AvgIpc) is 3.04. The number of thiophene rings is 2. The second kappa shape index (κ2) is 5.99. The smallest absolute Gasteiger partial charge is 0.348 e. The summed E-state index contributed by atoms with van der Waals surface area (Å²) in [5.74, 6) is -0.592. The Labute approximate surface area is 119 Å². The van der Waals surface area contributed by atoms with E-state index in [1.807, 2.05) is 18.4 Å². The van der Waals surface area contributed by atoms with Crippen LogP contribution in [0.25, 0.3) is 0 Å². The fraction of sp³-hybridized carbons (Fsp3) is 0.231. The third-order valence-electron chi connectivity index (χ3n) is 2.59. The number of esters is 1. The lowest BCUT2D eigenvalue weighted by atomic mass is 10.3. The summed E-state index contributed by atoms with van der Waals surface area (Å²) < 4.78 is 4.61. The van der Waals surface area contributed by atoms with Crippen LogP contribution in [0.1, 0.15) is 29.8 Å². The molecule has 100 valence electrons. The summed E-state index contributed by atoms with van der Waals surface area (Å²) in [6.07, 6.45) is 0. The zero-order valence-electron chi connectivity index (χ0n) is 10.6. The minimum absolute atomic E-state index is 0.173. The third kappa shape index (κ3) is 3.21. The van der Waals surface area contributed by atoms with E-state index in [4.69, 9.17) is 0 Å². The molecule has 2 rings (SSSR count). The molecule has 19 heavy (non-hydrogen) atoms. The van der Waals surface area contributed by atoms with Gasteiger partial charge in [-0.2, -0.15) is 0 Å². The van der Waals surface area contributed by atoms with Gasteiger partial charge in [0.15, 0.2) is 0 Å². The van der Waals surface area contributed by atoms with E-state index in [1.54, 1.807) is 23.5 Å². The highest BCUT2D eigenvalue weighted by Gasteiger charge is 2.14. The first-order valence-corrected chi connectivity index (χ1v) is 7.30. The van der Waals surface area contributed by atoms with Gasteiger partial charge in [-0.1, -0.05) is 0 Å². The molecule has 0 unspecified atom stereocenters. The van der Waals surface area contributed by atoms with Crippen molar-refractivity contribution in [2.24, 2.45) is 0 Å². The molecular weight excluding hydrogens is 282 g/mol. The van der Waals surface area contributed by atoms with Crippen LogP contribution in [0.4, 0.5) is 0 Å². The molecule has 2 aromatic heterocycles. The van der Waals surface area contributed by atoms with E-state index < -0.39 is 5.97 Å². The van der Waals surface area contributed by atoms with Gasteiger partial charge in [0, 0.05) is 4.88 Å². The fourth-order valence-corrected chi connectivity index (χ4v) is 3.19. The molecule has 1 amide bonds. The van der Waals surface area contributed by atoms with E-state index in [2.05, 4.69) is 10.1 Å². The van der Waals surface area contributed by atoms with Gasteiger partial charge in [-0.3, -0.25) is 4.79 Å². The van der Waals surface area contributed by atoms with Crippen LogP contribution in [0.3, 0.4) is 0 Å². The van der Waals surface area contributed by atoms with E-state index >= 15 is 0 Å². The zero-order valence-corrected chi connectivity index (χ0v) is 12.2. The number of hydrogen-bond acceptors (Lipinski definition) is 5. The number of hydrogen-bond donors (Lipinski definition) is 1. The summed E-state index contributed by atoms with van der Waals surface area (Å²) in [5.41, 5.74) is 1.17. The van der Waals surface area contributed by atoms with Gasteiger partial charge >= 0.3 is 5.97 Å². The van der Waals surface area contributed by atoms with Crippen molar-refractivity contribution in [3.63, 3.8) is 0 Å². The van der Waals surface area contributed by atoms with E-state index in [9.17, 15) is 9.59 Å². The van der Waals surface area contributed by atoms with Crippen molar-refractivity contribution in [1.82, 2.24) is 5.32 Å². The van der Waals surface area contributed by atoms with Crippen LogP contribution in [0.5, 0.6) is 0 Å². The molecule has 2 aromatic rings. The largest absolute Gasteiger partial charge is 0.465 e. The molecule has 0 aliphatic carbocycles. The number of rotatable bonds is 4. The highest BCUT2D eigenvalue weighted by Crippen LogP contribution is 2.18. The van der Waals surface area contributed by atoms with Crippen LogP contribution in [-0.2, 0) is 11.3 Å². The molecule has 0 radical (unpaired) electrons. The number of carbonyl (C=O) groups is 2. The second-order valence-electron chi connectivity index (χ2n) is 3.86. The molecule has 0 spiro atoms. The molecule has 2 heterocycles. The highest BCUT2D eigenvalue weighted by atomic mass is 32.1. The predicted octanol–water partition coefficient (Wildman–Crippen LogP) is 2.83. The number of ether oxygens (including phenoxy) is 1. The Balaban J connectivity index is 1.98.